The summed E-state index contributed by atoms with van der Waals surface area (Å²) in [6.45, 7) is 9.26. The van der Waals surface area contributed by atoms with Crippen LogP contribution in [-0.4, -0.2) is 9.97 Å². The summed E-state index contributed by atoms with van der Waals surface area (Å²) in [5, 5.41) is 0. The van der Waals surface area contributed by atoms with Crippen LogP contribution in [0, 0.1) is 23.7 Å². The van der Waals surface area contributed by atoms with E-state index < -0.39 is 0 Å². The van der Waals surface area contributed by atoms with Crippen molar-refractivity contribution >= 4 is 22.6 Å². The van der Waals surface area contributed by atoms with Gasteiger partial charge in [0.15, 0.2) is 0 Å². The van der Waals surface area contributed by atoms with Gasteiger partial charge in [-0.2, -0.15) is 0 Å². The number of hydrogen-bond acceptors (Lipinski definition) is 1. The maximum Gasteiger partial charge on any atom is 0.0189 e. The maximum absolute atomic E-state index is 6.34. The van der Waals surface area contributed by atoms with Gasteiger partial charge in [-0.1, -0.05) is 69.0 Å². The molecule has 1 fully saturated rings. The van der Waals surface area contributed by atoms with Crippen molar-refractivity contribution in [2.45, 2.75) is 65.3 Å². The highest BCUT2D eigenvalue weighted by molar-refractivity contribution is 14.1. The second kappa shape index (κ2) is 6.74. The molecule has 1 aliphatic carbocycles. The van der Waals surface area contributed by atoms with Crippen molar-refractivity contribution in [1.29, 1.82) is 0 Å². The van der Waals surface area contributed by atoms with Gasteiger partial charge >= 0.3 is 0 Å². The van der Waals surface area contributed by atoms with Crippen molar-refractivity contribution < 1.29 is 0 Å². The molecule has 0 spiro atoms. The van der Waals surface area contributed by atoms with Gasteiger partial charge in [-0.15, -0.1) is 0 Å². The first-order chi connectivity index (χ1) is 7.95. The number of nitrogens with two attached hydrogens (primary N) is 1. The Kier molecular flexibility index (Phi) is 6.24. The van der Waals surface area contributed by atoms with E-state index in [-0.39, 0.29) is 5.54 Å². The molecule has 1 nitrogen and oxygen atoms in total. The normalized spacial score (nSPS) is 35.6. The summed E-state index contributed by atoms with van der Waals surface area (Å²) >= 11 is 2.50. The minimum atomic E-state index is 0.134. The lowest BCUT2D eigenvalue weighted by Gasteiger charge is -2.18. The van der Waals surface area contributed by atoms with Gasteiger partial charge in [0.1, 0.15) is 0 Å². The molecule has 1 aliphatic rings. The van der Waals surface area contributed by atoms with Crippen LogP contribution in [0.25, 0.3) is 0 Å². The summed E-state index contributed by atoms with van der Waals surface area (Å²) in [4.78, 5) is 0. The molecule has 1 rings (SSSR count). The third-order valence-electron chi connectivity index (χ3n) is 4.83. The molecule has 0 bridgehead atoms. The quantitative estimate of drug-likeness (QED) is 0.501. The standard InChI is InChI=1S/C15H30IN/c1-5-7-13(9-6-8-11(2)10-16)14-12(3)15(14,4)17/h11-14H,5-10,17H2,1-4H3/t11?,12-,13+,14-,15-/m1/s1. The van der Waals surface area contributed by atoms with Crippen molar-refractivity contribution in [2.24, 2.45) is 29.4 Å². The number of alkyl halides is 1. The molecule has 102 valence electrons. The molecule has 0 aliphatic heterocycles. The van der Waals surface area contributed by atoms with E-state index >= 15 is 0 Å². The third-order valence-corrected chi connectivity index (χ3v) is 6.34. The van der Waals surface area contributed by atoms with E-state index in [0.717, 1.165) is 23.7 Å². The Morgan fingerprint density at radius 2 is 1.88 bits per heavy atom. The molecule has 0 aromatic carbocycles. The van der Waals surface area contributed by atoms with Crippen molar-refractivity contribution in [1.82, 2.24) is 0 Å². The van der Waals surface area contributed by atoms with Crippen LogP contribution in [0.4, 0.5) is 0 Å². The summed E-state index contributed by atoms with van der Waals surface area (Å²) < 4.78 is 1.30. The second-order valence-electron chi connectivity index (χ2n) is 6.42. The van der Waals surface area contributed by atoms with Crippen LogP contribution >= 0.6 is 22.6 Å². The molecule has 0 radical (unpaired) electrons. The van der Waals surface area contributed by atoms with Crippen molar-refractivity contribution in [3.63, 3.8) is 0 Å². The zero-order valence-electron chi connectivity index (χ0n) is 12.0. The fourth-order valence-electron chi connectivity index (χ4n) is 3.39. The third kappa shape index (κ3) is 4.09. The molecule has 5 atom stereocenters. The molecule has 17 heavy (non-hydrogen) atoms. The smallest absolute Gasteiger partial charge is 0.0189 e. The minimum Gasteiger partial charge on any atom is -0.325 e. The van der Waals surface area contributed by atoms with Gasteiger partial charge in [0.2, 0.25) is 0 Å². The number of halogens is 1. The molecule has 0 aromatic heterocycles. The molecule has 1 saturated carbocycles. The molecule has 1 unspecified atom stereocenters. The first-order valence-electron chi connectivity index (χ1n) is 7.29. The molecule has 0 heterocycles. The van der Waals surface area contributed by atoms with Gasteiger partial charge in [-0.3, -0.25) is 0 Å². The molecule has 0 amide bonds. The Morgan fingerprint density at radius 3 is 2.29 bits per heavy atom. The van der Waals surface area contributed by atoms with Crippen molar-refractivity contribution in [2.75, 3.05) is 4.43 Å². The Hall–Kier alpha value is 0.690. The van der Waals surface area contributed by atoms with Crippen molar-refractivity contribution in [3.8, 4) is 0 Å². The predicted octanol–water partition coefficient (Wildman–Crippen LogP) is 4.63. The fraction of sp³-hybridized carbons (Fsp3) is 1.00. The Labute approximate surface area is 121 Å². The highest BCUT2D eigenvalue weighted by Gasteiger charge is 2.57. The number of hydrogen-bond donors (Lipinski definition) is 1. The molecule has 0 saturated heterocycles. The Morgan fingerprint density at radius 1 is 1.29 bits per heavy atom. The lowest BCUT2D eigenvalue weighted by Crippen LogP contribution is -2.24. The van der Waals surface area contributed by atoms with E-state index in [2.05, 4.69) is 50.3 Å². The monoisotopic (exact) mass is 351 g/mol. The van der Waals surface area contributed by atoms with E-state index in [9.17, 15) is 0 Å². The minimum absolute atomic E-state index is 0.134. The van der Waals surface area contributed by atoms with E-state index in [4.69, 9.17) is 5.73 Å². The van der Waals surface area contributed by atoms with Gasteiger partial charge in [0.25, 0.3) is 0 Å². The van der Waals surface area contributed by atoms with Crippen LogP contribution in [-0.2, 0) is 0 Å². The average molecular weight is 351 g/mol. The SMILES string of the molecule is CCC[C@@H](CCCC(C)CI)[C@H]1[C@@H](C)[C@@]1(C)N. The van der Waals surface area contributed by atoms with Crippen LogP contribution < -0.4 is 5.73 Å². The zero-order valence-corrected chi connectivity index (χ0v) is 14.2. The lowest BCUT2D eigenvalue weighted by atomic mass is 9.88. The number of rotatable bonds is 8. The van der Waals surface area contributed by atoms with E-state index in [0.29, 0.717) is 0 Å². The van der Waals surface area contributed by atoms with Crippen LogP contribution in [0.1, 0.15) is 59.8 Å². The molecule has 2 N–H and O–H groups in total. The molecule has 2 heteroatoms. The largest absolute Gasteiger partial charge is 0.325 e. The topological polar surface area (TPSA) is 26.0 Å². The van der Waals surface area contributed by atoms with Crippen LogP contribution in [0.5, 0.6) is 0 Å². The second-order valence-corrected chi connectivity index (χ2v) is 7.30. The lowest BCUT2D eigenvalue weighted by molar-refractivity contribution is 0.340. The summed E-state index contributed by atoms with van der Waals surface area (Å²) in [6, 6.07) is 0. The first-order valence-corrected chi connectivity index (χ1v) is 8.82. The summed E-state index contributed by atoms with van der Waals surface area (Å²) in [6.07, 6.45) is 6.88. The van der Waals surface area contributed by atoms with Gasteiger partial charge < -0.3 is 5.73 Å². The molecular formula is C15H30IN. The maximum atomic E-state index is 6.34. The van der Waals surface area contributed by atoms with E-state index in [1.807, 2.05) is 0 Å². The zero-order chi connectivity index (χ0) is 13.1. The summed E-state index contributed by atoms with van der Waals surface area (Å²) in [7, 11) is 0. The van der Waals surface area contributed by atoms with Crippen LogP contribution in [0.15, 0.2) is 0 Å². The highest BCUT2D eigenvalue weighted by atomic mass is 127. The first kappa shape index (κ1) is 15.7. The average Bonchev–Trinajstić information content (AvgIpc) is 2.77. The van der Waals surface area contributed by atoms with Gasteiger partial charge in [0, 0.05) is 9.97 Å². The predicted molar refractivity (Wildman–Crippen MR) is 85.5 cm³/mol. The summed E-state index contributed by atoms with van der Waals surface area (Å²) in [5.74, 6) is 3.29. The summed E-state index contributed by atoms with van der Waals surface area (Å²) in [5.41, 5.74) is 6.47. The van der Waals surface area contributed by atoms with Gasteiger partial charge in [-0.25, -0.2) is 0 Å². The molecule has 0 aromatic rings. The Balaban J connectivity index is 2.35. The van der Waals surface area contributed by atoms with Gasteiger partial charge in [-0.05, 0) is 37.0 Å². The van der Waals surface area contributed by atoms with Crippen LogP contribution in [0.2, 0.25) is 0 Å². The van der Waals surface area contributed by atoms with E-state index in [1.54, 1.807) is 0 Å². The van der Waals surface area contributed by atoms with Crippen LogP contribution in [0.3, 0.4) is 0 Å². The van der Waals surface area contributed by atoms with Gasteiger partial charge in [0.05, 0.1) is 0 Å². The van der Waals surface area contributed by atoms with E-state index in [1.165, 1.54) is 36.5 Å². The fourth-order valence-corrected chi connectivity index (χ4v) is 3.83. The Bertz CT molecular complexity index is 227. The highest BCUT2D eigenvalue weighted by Crippen LogP contribution is 2.54. The molecular weight excluding hydrogens is 321 g/mol. The van der Waals surface area contributed by atoms with Crippen molar-refractivity contribution in [3.05, 3.63) is 0 Å².